The Balaban J connectivity index is 1.29. The molecule has 6 heteroatoms. The van der Waals surface area contributed by atoms with Gasteiger partial charge in [-0.3, -0.25) is 9.69 Å². The minimum atomic E-state index is 0.234. The molecule has 2 aromatic carbocycles. The van der Waals surface area contributed by atoms with Crippen LogP contribution in [-0.2, 0) is 17.8 Å². The largest absolute Gasteiger partial charge is 0.383 e. The molecule has 0 unspecified atom stereocenters. The number of aromatic nitrogens is 2. The molecule has 0 radical (unpaired) electrons. The topological polar surface area (TPSA) is 75.4 Å². The van der Waals surface area contributed by atoms with Crippen molar-refractivity contribution in [2.45, 2.75) is 26.3 Å². The van der Waals surface area contributed by atoms with Crippen LogP contribution in [0.3, 0.4) is 0 Å². The molecule has 1 fully saturated rings. The molecule has 0 saturated carbocycles. The van der Waals surface area contributed by atoms with E-state index in [1.54, 1.807) is 0 Å². The van der Waals surface area contributed by atoms with Crippen molar-refractivity contribution in [1.29, 1.82) is 0 Å². The van der Waals surface area contributed by atoms with E-state index >= 15 is 0 Å². The number of amides is 1. The van der Waals surface area contributed by atoms with Gasteiger partial charge in [0.1, 0.15) is 11.6 Å². The molecule has 1 aliphatic heterocycles. The van der Waals surface area contributed by atoms with Crippen LogP contribution in [0.25, 0.3) is 10.9 Å². The van der Waals surface area contributed by atoms with Crippen molar-refractivity contribution < 1.29 is 4.79 Å². The zero-order chi connectivity index (χ0) is 20.2. The molecule has 0 bridgehead atoms. The van der Waals surface area contributed by atoms with Gasteiger partial charge < -0.3 is 10.6 Å². The third-order valence-electron chi connectivity index (χ3n) is 5.48. The molecular formula is C23H27N5O. The van der Waals surface area contributed by atoms with Crippen molar-refractivity contribution in [3.63, 3.8) is 0 Å². The zero-order valence-electron chi connectivity index (χ0n) is 16.8. The summed E-state index contributed by atoms with van der Waals surface area (Å²) in [6.07, 6.45) is 1.36. The second kappa shape index (κ2) is 8.57. The summed E-state index contributed by atoms with van der Waals surface area (Å²) in [5, 5.41) is 0.889. The average molecular weight is 390 g/mol. The number of hydrogen-bond donors (Lipinski definition) is 1. The van der Waals surface area contributed by atoms with Gasteiger partial charge in [-0.15, -0.1) is 0 Å². The van der Waals surface area contributed by atoms with Gasteiger partial charge in [-0.05, 0) is 31.0 Å². The summed E-state index contributed by atoms with van der Waals surface area (Å²) in [6.45, 7) is 5.88. The molecule has 1 aromatic heterocycles. The van der Waals surface area contributed by atoms with Gasteiger partial charge in [0.25, 0.3) is 0 Å². The molecule has 6 nitrogen and oxygen atoms in total. The number of carbonyl (C=O) groups is 1. The number of nitrogens with two attached hydrogens (primary N) is 1. The first kappa shape index (κ1) is 19.3. The van der Waals surface area contributed by atoms with Gasteiger partial charge in [-0.1, -0.05) is 42.0 Å². The van der Waals surface area contributed by atoms with Gasteiger partial charge in [0.15, 0.2) is 0 Å². The summed E-state index contributed by atoms with van der Waals surface area (Å²) in [4.78, 5) is 25.9. The lowest BCUT2D eigenvalue weighted by atomic mass is 10.1. The molecule has 0 aliphatic carbocycles. The van der Waals surface area contributed by atoms with Gasteiger partial charge >= 0.3 is 0 Å². The molecule has 0 atom stereocenters. The molecule has 1 amide bonds. The summed E-state index contributed by atoms with van der Waals surface area (Å²) in [5.74, 6) is 1.49. The van der Waals surface area contributed by atoms with E-state index in [4.69, 9.17) is 5.73 Å². The van der Waals surface area contributed by atoms with Crippen molar-refractivity contribution in [3.8, 4) is 0 Å². The standard InChI is InChI=1S/C23H27N5O/c1-17-5-4-6-18(15-17)9-10-22(29)28-13-11-27(12-14-28)16-21-25-20-8-3-2-7-19(20)23(24)26-21/h2-8,15H,9-14,16H2,1H3,(H2,24,25,26). The molecule has 3 aromatic rings. The van der Waals surface area contributed by atoms with Gasteiger partial charge in [-0.25, -0.2) is 9.97 Å². The maximum absolute atomic E-state index is 12.6. The van der Waals surface area contributed by atoms with E-state index < -0.39 is 0 Å². The smallest absolute Gasteiger partial charge is 0.222 e. The number of aryl methyl sites for hydroxylation is 2. The summed E-state index contributed by atoms with van der Waals surface area (Å²) < 4.78 is 0. The number of nitrogens with zero attached hydrogens (tertiary/aromatic N) is 4. The lowest BCUT2D eigenvalue weighted by Crippen LogP contribution is -2.48. The molecule has 1 aliphatic rings. The van der Waals surface area contributed by atoms with Crippen LogP contribution in [0.5, 0.6) is 0 Å². The number of nitrogen functional groups attached to an aromatic ring is 1. The predicted molar refractivity (Wildman–Crippen MR) is 115 cm³/mol. The number of fused-ring (bicyclic) bond motifs is 1. The third-order valence-corrected chi connectivity index (χ3v) is 5.48. The lowest BCUT2D eigenvalue weighted by molar-refractivity contribution is -0.133. The molecule has 0 spiro atoms. The highest BCUT2D eigenvalue weighted by molar-refractivity contribution is 5.87. The molecule has 29 heavy (non-hydrogen) atoms. The Kier molecular flexibility index (Phi) is 5.71. The number of hydrogen-bond acceptors (Lipinski definition) is 5. The second-order valence-electron chi connectivity index (χ2n) is 7.69. The third kappa shape index (κ3) is 4.71. The Morgan fingerprint density at radius 1 is 1.03 bits per heavy atom. The first-order chi connectivity index (χ1) is 14.1. The van der Waals surface area contributed by atoms with Crippen molar-refractivity contribution in [2.75, 3.05) is 31.9 Å². The minimum absolute atomic E-state index is 0.234. The van der Waals surface area contributed by atoms with Crippen molar-refractivity contribution in [1.82, 2.24) is 19.8 Å². The summed E-state index contributed by atoms with van der Waals surface area (Å²) in [7, 11) is 0. The molecular weight excluding hydrogens is 362 g/mol. The second-order valence-corrected chi connectivity index (χ2v) is 7.69. The highest BCUT2D eigenvalue weighted by Crippen LogP contribution is 2.18. The van der Waals surface area contributed by atoms with E-state index in [2.05, 4.69) is 46.1 Å². The number of benzene rings is 2. The fourth-order valence-corrected chi connectivity index (χ4v) is 3.85. The van der Waals surface area contributed by atoms with Gasteiger partial charge in [-0.2, -0.15) is 0 Å². The van der Waals surface area contributed by atoms with Crippen molar-refractivity contribution >= 4 is 22.6 Å². The van der Waals surface area contributed by atoms with Crippen LogP contribution in [-0.4, -0.2) is 51.9 Å². The number of piperazine rings is 1. The predicted octanol–water partition coefficient (Wildman–Crippen LogP) is 2.80. The lowest BCUT2D eigenvalue weighted by Gasteiger charge is -2.34. The molecule has 2 heterocycles. The van der Waals surface area contributed by atoms with E-state index in [1.165, 1.54) is 11.1 Å². The van der Waals surface area contributed by atoms with E-state index in [9.17, 15) is 4.79 Å². The Morgan fingerprint density at radius 2 is 1.83 bits per heavy atom. The molecule has 1 saturated heterocycles. The fourth-order valence-electron chi connectivity index (χ4n) is 3.85. The molecule has 4 rings (SSSR count). The number of anilines is 1. The van der Waals surface area contributed by atoms with Crippen LogP contribution in [0.1, 0.15) is 23.4 Å². The number of rotatable bonds is 5. The first-order valence-corrected chi connectivity index (χ1v) is 10.2. The van der Waals surface area contributed by atoms with E-state index in [0.717, 1.165) is 49.3 Å². The maximum Gasteiger partial charge on any atom is 0.222 e. The Hall–Kier alpha value is -2.99. The summed E-state index contributed by atoms with van der Waals surface area (Å²) in [6, 6.07) is 16.2. The number of para-hydroxylation sites is 1. The van der Waals surface area contributed by atoms with Crippen LogP contribution in [0.15, 0.2) is 48.5 Å². The van der Waals surface area contributed by atoms with Crippen LogP contribution in [0, 0.1) is 6.92 Å². The van der Waals surface area contributed by atoms with E-state index in [-0.39, 0.29) is 5.91 Å². The highest BCUT2D eigenvalue weighted by atomic mass is 16.2. The Labute approximate surface area is 171 Å². The number of carbonyl (C=O) groups excluding carboxylic acids is 1. The Bertz CT molecular complexity index is 1010. The fraction of sp³-hybridized carbons (Fsp3) is 0.348. The monoisotopic (exact) mass is 389 g/mol. The van der Waals surface area contributed by atoms with Crippen LogP contribution in [0.2, 0.25) is 0 Å². The van der Waals surface area contributed by atoms with Crippen LogP contribution < -0.4 is 5.73 Å². The van der Waals surface area contributed by atoms with Gasteiger partial charge in [0, 0.05) is 38.0 Å². The van der Waals surface area contributed by atoms with Crippen molar-refractivity contribution in [2.24, 2.45) is 0 Å². The van der Waals surface area contributed by atoms with Crippen LogP contribution >= 0.6 is 0 Å². The van der Waals surface area contributed by atoms with Gasteiger partial charge in [0.05, 0.1) is 12.1 Å². The van der Waals surface area contributed by atoms with Crippen LogP contribution in [0.4, 0.5) is 5.82 Å². The summed E-state index contributed by atoms with van der Waals surface area (Å²) >= 11 is 0. The SMILES string of the molecule is Cc1cccc(CCC(=O)N2CCN(Cc3nc(N)c4ccccc4n3)CC2)c1. The summed E-state index contributed by atoms with van der Waals surface area (Å²) in [5.41, 5.74) is 9.43. The normalized spacial score (nSPS) is 15.0. The molecule has 2 N–H and O–H groups in total. The average Bonchev–Trinajstić information content (AvgIpc) is 2.73. The zero-order valence-corrected chi connectivity index (χ0v) is 16.8. The maximum atomic E-state index is 12.6. The minimum Gasteiger partial charge on any atom is -0.383 e. The van der Waals surface area contributed by atoms with E-state index in [0.29, 0.717) is 18.8 Å². The highest BCUT2D eigenvalue weighted by Gasteiger charge is 2.21. The quantitative estimate of drug-likeness (QED) is 0.726. The van der Waals surface area contributed by atoms with E-state index in [1.807, 2.05) is 29.2 Å². The Morgan fingerprint density at radius 3 is 2.62 bits per heavy atom. The molecule has 150 valence electrons. The van der Waals surface area contributed by atoms with Crippen molar-refractivity contribution in [3.05, 3.63) is 65.5 Å². The van der Waals surface area contributed by atoms with Gasteiger partial charge in [0.2, 0.25) is 5.91 Å². The first-order valence-electron chi connectivity index (χ1n) is 10.2.